The molecule has 0 spiro atoms. The molecule has 1 aromatic carbocycles. The van der Waals surface area contributed by atoms with Crippen LogP contribution in [0.3, 0.4) is 0 Å². The summed E-state index contributed by atoms with van der Waals surface area (Å²) in [5.41, 5.74) is 4.90. The van der Waals surface area contributed by atoms with E-state index in [2.05, 4.69) is 0 Å². The summed E-state index contributed by atoms with van der Waals surface area (Å²) in [5.74, 6) is 0.773. The topological polar surface area (TPSA) is 35.2 Å². The van der Waals surface area contributed by atoms with Crippen molar-refractivity contribution in [2.75, 3.05) is 12.4 Å². The average molecular weight is 291 g/mol. The molecular weight excluding hydrogens is 275 g/mol. The van der Waals surface area contributed by atoms with Crippen LogP contribution in [0.1, 0.15) is 24.0 Å². The first-order chi connectivity index (χ1) is 9.00. The van der Waals surface area contributed by atoms with Crippen molar-refractivity contribution in [3.8, 4) is 0 Å². The van der Waals surface area contributed by atoms with E-state index >= 15 is 0 Å². The van der Waals surface area contributed by atoms with Gasteiger partial charge in [0, 0.05) is 23.8 Å². The van der Waals surface area contributed by atoms with Crippen LogP contribution in [0.5, 0.6) is 0 Å². The van der Waals surface area contributed by atoms with Gasteiger partial charge in [-0.25, -0.2) is 0 Å². The lowest BCUT2D eigenvalue weighted by Crippen LogP contribution is -2.12. The Morgan fingerprint density at radius 1 is 1.37 bits per heavy atom. The van der Waals surface area contributed by atoms with E-state index in [1.54, 1.807) is 0 Å². The molecule has 1 saturated heterocycles. The van der Waals surface area contributed by atoms with E-state index in [4.69, 9.17) is 10.5 Å². The minimum atomic E-state index is -4.34. The summed E-state index contributed by atoms with van der Waals surface area (Å²) >= 11 is 1.52. The summed E-state index contributed by atoms with van der Waals surface area (Å²) in [6.45, 7) is 0.676. The molecule has 0 amide bonds. The van der Waals surface area contributed by atoms with E-state index in [9.17, 15) is 13.2 Å². The Bertz CT molecular complexity index is 430. The van der Waals surface area contributed by atoms with Crippen LogP contribution in [0.2, 0.25) is 0 Å². The number of hydrogen-bond donors (Lipinski definition) is 1. The van der Waals surface area contributed by atoms with Crippen LogP contribution in [-0.4, -0.2) is 18.5 Å². The Balaban J connectivity index is 2.06. The number of benzene rings is 1. The minimum Gasteiger partial charge on any atom is -0.377 e. The highest BCUT2D eigenvalue weighted by molar-refractivity contribution is 7.99. The zero-order valence-corrected chi connectivity index (χ0v) is 11.2. The fourth-order valence-corrected chi connectivity index (χ4v) is 3.10. The van der Waals surface area contributed by atoms with Crippen molar-refractivity contribution in [3.05, 3.63) is 29.3 Å². The molecule has 0 bridgehead atoms. The highest BCUT2D eigenvalue weighted by Gasteiger charge is 2.32. The molecule has 0 aliphatic carbocycles. The molecule has 0 saturated carbocycles. The van der Waals surface area contributed by atoms with Gasteiger partial charge in [-0.2, -0.15) is 13.2 Å². The highest BCUT2D eigenvalue weighted by atomic mass is 32.2. The lowest BCUT2D eigenvalue weighted by molar-refractivity contribution is -0.138. The molecule has 2 N–H and O–H groups in total. The van der Waals surface area contributed by atoms with Gasteiger partial charge in [0.05, 0.1) is 11.7 Å². The minimum absolute atomic E-state index is 0.108. The average Bonchev–Trinajstić information content (AvgIpc) is 2.88. The Kier molecular flexibility index (Phi) is 4.76. The van der Waals surface area contributed by atoms with Crippen molar-refractivity contribution in [1.29, 1.82) is 0 Å². The Labute approximate surface area is 114 Å². The quantitative estimate of drug-likeness (QED) is 0.863. The lowest BCUT2D eigenvalue weighted by atomic mass is 10.1. The summed E-state index contributed by atoms with van der Waals surface area (Å²) in [6.07, 6.45) is -2.04. The van der Waals surface area contributed by atoms with Crippen LogP contribution < -0.4 is 5.73 Å². The van der Waals surface area contributed by atoms with E-state index in [1.165, 1.54) is 23.9 Å². The Morgan fingerprint density at radius 3 is 2.74 bits per heavy atom. The zero-order chi connectivity index (χ0) is 13.9. The molecule has 19 heavy (non-hydrogen) atoms. The molecule has 1 aliphatic heterocycles. The normalized spacial score (nSPS) is 19.9. The number of ether oxygens (including phenoxy) is 1. The summed E-state index contributed by atoms with van der Waals surface area (Å²) in [5, 5.41) is 0. The molecule has 0 aromatic heterocycles. The molecule has 106 valence electrons. The summed E-state index contributed by atoms with van der Waals surface area (Å²) in [6, 6.07) is 4.14. The third-order valence-corrected chi connectivity index (χ3v) is 4.19. The molecule has 1 unspecified atom stereocenters. The van der Waals surface area contributed by atoms with Crippen LogP contribution in [0, 0.1) is 0 Å². The van der Waals surface area contributed by atoms with Crippen molar-refractivity contribution < 1.29 is 17.9 Å². The number of halogens is 3. The largest absolute Gasteiger partial charge is 0.416 e. The van der Waals surface area contributed by atoms with E-state index < -0.39 is 11.7 Å². The molecule has 1 fully saturated rings. The van der Waals surface area contributed by atoms with E-state index in [1.807, 2.05) is 0 Å². The van der Waals surface area contributed by atoms with Crippen molar-refractivity contribution in [2.45, 2.75) is 36.6 Å². The predicted molar refractivity (Wildman–Crippen MR) is 69.0 cm³/mol. The number of hydrogen-bond acceptors (Lipinski definition) is 3. The van der Waals surface area contributed by atoms with Gasteiger partial charge in [-0.05, 0) is 36.6 Å². The highest BCUT2D eigenvalue weighted by Crippen LogP contribution is 2.34. The maximum absolute atomic E-state index is 12.7. The zero-order valence-electron chi connectivity index (χ0n) is 10.4. The van der Waals surface area contributed by atoms with Gasteiger partial charge in [0.25, 0.3) is 0 Å². The predicted octanol–water partition coefficient (Wildman–Crippen LogP) is 3.44. The van der Waals surface area contributed by atoms with Gasteiger partial charge in [0.15, 0.2) is 0 Å². The van der Waals surface area contributed by atoms with Crippen LogP contribution in [-0.2, 0) is 17.5 Å². The van der Waals surface area contributed by atoms with E-state index in [-0.39, 0.29) is 18.2 Å². The molecule has 0 radical (unpaired) electrons. The first kappa shape index (κ1) is 14.7. The molecule has 1 aliphatic rings. The van der Waals surface area contributed by atoms with Gasteiger partial charge in [0.1, 0.15) is 0 Å². The first-order valence-electron chi connectivity index (χ1n) is 6.15. The standard InChI is InChI=1S/C13H16F3NOS/c14-13(15,16)12-4-3-11(6-9(12)7-17)19-8-10-2-1-5-18-10/h3-4,6,10H,1-2,5,7-8,17H2. The second-order valence-electron chi connectivity index (χ2n) is 4.47. The van der Waals surface area contributed by atoms with E-state index in [0.29, 0.717) is 0 Å². The maximum Gasteiger partial charge on any atom is 0.416 e. The van der Waals surface area contributed by atoms with Gasteiger partial charge >= 0.3 is 6.18 Å². The second-order valence-corrected chi connectivity index (χ2v) is 5.56. The van der Waals surface area contributed by atoms with Crippen LogP contribution >= 0.6 is 11.8 Å². The molecule has 1 atom stereocenters. The van der Waals surface area contributed by atoms with Gasteiger partial charge in [-0.15, -0.1) is 11.8 Å². The smallest absolute Gasteiger partial charge is 0.377 e. The lowest BCUT2D eigenvalue weighted by Gasteiger charge is -2.14. The monoisotopic (exact) mass is 291 g/mol. The third kappa shape index (κ3) is 3.87. The Hall–Kier alpha value is -0.720. The van der Waals surface area contributed by atoms with Gasteiger partial charge in [-0.3, -0.25) is 0 Å². The number of thioether (sulfide) groups is 1. The molecule has 1 heterocycles. The number of rotatable bonds is 4. The van der Waals surface area contributed by atoms with Crippen molar-refractivity contribution in [1.82, 2.24) is 0 Å². The molecule has 2 rings (SSSR count). The number of alkyl halides is 3. The summed E-state index contributed by atoms with van der Waals surface area (Å²) in [7, 11) is 0. The van der Waals surface area contributed by atoms with Crippen molar-refractivity contribution >= 4 is 11.8 Å². The third-order valence-electron chi connectivity index (χ3n) is 3.06. The molecular formula is C13H16F3NOS. The van der Waals surface area contributed by atoms with Crippen LogP contribution in [0.25, 0.3) is 0 Å². The van der Waals surface area contributed by atoms with Crippen LogP contribution in [0.15, 0.2) is 23.1 Å². The van der Waals surface area contributed by atoms with Crippen molar-refractivity contribution in [2.24, 2.45) is 5.73 Å². The summed E-state index contributed by atoms with van der Waals surface area (Å²) < 4.78 is 43.6. The molecule has 2 nitrogen and oxygen atoms in total. The SMILES string of the molecule is NCc1cc(SCC2CCCO2)ccc1C(F)(F)F. The van der Waals surface area contributed by atoms with Crippen LogP contribution in [0.4, 0.5) is 13.2 Å². The molecule has 1 aromatic rings. The summed E-state index contributed by atoms with van der Waals surface area (Å²) in [4.78, 5) is 0.809. The molecule has 6 heteroatoms. The fraction of sp³-hybridized carbons (Fsp3) is 0.538. The van der Waals surface area contributed by atoms with Gasteiger partial charge < -0.3 is 10.5 Å². The van der Waals surface area contributed by atoms with E-state index in [0.717, 1.165) is 36.2 Å². The van der Waals surface area contributed by atoms with Gasteiger partial charge in [-0.1, -0.05) is 0 Å². The second kappa shape index (κ2) is 6.15. The first-order valence-corrected chi connectivity index (χ1v) is 7.14. The Morgan fingerprint density at radius 2 is 2.16 bits per heavy atom. The fourth-order valence-electron chi connectivity index (χ4n) is 2.07. The van der Waals surface area contributed by atoms with Gasteiger partial charge in [0.2, 0.25) is 0 Å². The number of nitrogens with two attached hydrogens (primary N) is 1. The maximum atomic E-state index is 12.7. The van der Waals surface area contributed by atoms with Crippen molar-refractivity contribution in [3.63, 3.8) is 0 Å².